The van der Waals surface area contributed by atoms with Gasteiger partial charge in [0.2, 0.25) is 0 Å². The molecule has 1 saturated heterocycles. The highest BCUT2D eigenvalue weighted by Crippen LogP contribution is 2.21. The number of rotatable bonds is 2. The van der Waals surface area contributed by atoms with Crippen LogP contribution in [0.25, 0.3) is 0 Å². The first-order chi connectivity index (χ1) is 8.36. The lowest BCUT2D eigenvalue weighted by atomic mass is 10.2. The first-order valence-electron chi connectivity index (χ1n) is 5.18. The third kappa shape index (κ3) is 6.48. The van der Waals surface area contributed by atoms with Crippen molar-refractivity contribution in [1.82, 2.24) is 10.2 Å². The van der Waals surface area contributed by atoms with Gasteiger partial charge in [-0.1, -0.05) is 30.3 Å². The Hall–Kier alpha value is -1.24. The van der Waals surface area contributed by atoms with Gasteiger partial charge in [-0.15, -0.1) is 0 Å². The summed E-state index contributed by atoms with van der Waals surface area (Å²) >= 11 is 1.38. The van der Waals surface area contributed by atoms with Crippen LogP contribution in [0.4, 0.5) is 18.0 Å². The second kappa shape index (κ2) is 6.63. The summed E-state index contributed by atoms with van der Waals surface area (Å²) in [5, 5.41) is -1.41. The van der Waals surface area contributed by atoms with Gasteiger partial charge in [-0.05, 0) is 5.56 Å². The van der Waals surface area contributed by atoms with Gasteiger partial charge in [-0.2, -0.15) is 13.2 Å². The normalized spacial score (nSPS) is 14.9. The highest BCUT2D eigenvalue weighted by atomic mass is 79.9. The molecule has 0 radical (unpaired) electrons. The van der Waals surface area contributed by atoms with Crippen LogP contribution in [-0.4, -0.2) is 29.1 Å². The van der Waals surface area contributed by atoms with E-state index in [2.05, 4.69) is 5.32 Å². The topological polar surface area (TPSA) is 32.3 Å². The first kappa shape index (κ1) is 14.8. The van der Waals surface area contributed by atoms with Crippen LogP contribution in [0.5, 0.6) is 0 Å². The molecule has 2 rings (SSSR count). The molecular weight excluding hydrogens is 313 g/mol. The zero-order valence-corrected chi connectivity index (χ0v) is 11.0. The van der Waals surface area contributed by atoms with Crippen LogP contribution in [-0.2, 0) is 6.54 Å². The van der Waals surface area contributed by atoms with Gasteiger partial charge in [0.1, 0.15) is 0 Å². The molecule has 1 fully saturated rings. The van der Waals surface area contributed by atoms with E-state index in [1.165, 1.54) is 21.5 Å². The molecular formula is C11H12BrF3N2O. The molecule has 1 N–H and O–H groups in total. The summed E-state index contributed by atoms with van der Waals surface area (Å²) in [5.41, 5.74) is 1.18. The van der Waals surface area contributed by atoms with E-state index >= 15 is 0 Å². The van der Waals surface area contributed by atoms with Crippen molar-refractivity contribution in [3.8, 4) is 0 Å². The standard InChI is InChI=1S/C10H12N2O.CBrF3/c13-10-11-6-7-12(10)8-9-4-2-1-3-5-9;2-1(3,4)5/h1-5H,6-8H2,(H,11,13);. The summed E-state index contributed by atoms with van der Waals surface area (Å²) < 4.78 is 30.8. The minimum atomic E-state index is -4.19. The number of nitrogens with zero attached hydrogens (tertiary/aromatic N) is 1. The lowest BCUT2D eigenvalue weighted by Gasteiger charge is -2.13. The van der Waals surface area contributed by atoms with Crippen LogP contribution in [0.1, 0.15) is 5.56 Å². The van der Waals surface area contributed by atoms with Crippen molar-refractivity contribution >= 4 is 22.0 Å². The first-order valence-corrected chi connectivity index (χ1v) is 5.98. The van der Waals surface area contributed by atoms with E-state index in [-0.39, 0.29) is 6.03 Å². The van der Waals surface area contributed by atoms with E-state index in [0.717, 1.165) is 13.1 Å². The van der Waals surface area contributed by atoms with Crippen LogP contribution in [0.2, 0.25) is 0 Å². The third-order valence-electron chi connectivity index (χ3n) is 2.16. The van der Waals surface area contributed by atoms with Crippen molar-refractivity contribution < 1.29 is 18.0 Å². The molecule has 1 heterocycles. The molecule has 0 saturated carbocycles. The Morgan fingerprint density at radius 2 is 1.83 bits per heavy atom. The second-order valence-corrected chi connectivity index (χ2v) is 4.47. The Labute approximate surface area is 111 Å². The maximum absolute atomic E-state index is 11.2. The summed E-state index contributed by atoms with van der Waals surface area (Å²) in [4.78, 5) is 13.0. The fourth-order valence-corrected chi connectivity index (χ4v) is 1.47. The smallest absolute Gasteiger partial charge is 0.336 e. The van der Waals surface area contributed by atoms with Gasteiger partial charge in [-0.25, -0.2) is 4.79 Å². The molecule has 0 spiro atoms. The van der Waals surface area contributed by atoms with Crippen LogP contribution in [0.15, 0.2) is 30.3 Å². The van der Waals surface area contributed by atoms with Crippen LogP contribution in [0.3, 0.4) is 0 Å². The Morgan fingerprint density at radius 3 is 2.28 bits per heavy atom. The minimum absolute atomic E-state index is 0.0452. The maximum Gasteiger partial charge on any atom is 0.448 e. The van der Waals surface area contributed by atoms with E-state index in [1.54, 1.807) is 0 Å². The van der Waals surface area contributed by atoms with Crippen molar-refractivity contribution in [2.75, 3.05) is 13.1 Å². The van der Waals surface area contributed by atoms with Crippen molar-refractivity contribution in [1.29, 1.82) is 0 Å². The third-order valence-corrected chi connectivity index (χ3v) is 2.16. The van der Waals surface area contributed by atoms with Crippen molar-refractivity contribution in [2.45, 2.75) is 11.6 Å². The SMILES string of the molecule is FC(F)(F)Br.O=C1NCCN1Cc1ccccc1. The molecule has 18 heavy (non-hydrogen) atoms. The minimum Gasteiger partial charge on any atom is -0.336 e. The van der Waals surface area contributed by atoms with Gasteiger partial charge in [0, 0.05) is 35.6 Å². The number of amides is 2. The number of hydrogen-bond acceptors (Lipinski definition) is 1. The fraction of sp³-hybridized carbons (Fsp3) is 0.364. The maximum atomic E-state index is 11.2. The van der Waals surface area contributed by atoms with E-state index < -0.39 is 5.09 Å². The number of urea groups is 1. The van der Waals surface area contributed by atoms with Crippen LogP contribution in [0, 0.1) is 0 Å². The molecule has 0 aliphatic carbocycles. The Morgan fingerprint density at radius 1 is 1.28 bits per heavy atom. The number of carbonyl (C=O) groups excluding carboxylic acids is 1. The molecule has 0 aromatic heterocycles. The molecule has 3 nitrogen and oxygen atoms in total. The number of alkyl halides is 4. The van der Waals surface area contributed by atoms with E-state index in [1.807, 2.05) is 35.2 Å². The molecule has 100 valence electrons. The van der Waals surface area contributed by atoms with Gasteiger partial charge in [0.25, 0.3) is 0 Å². The zero-order valence-electron chi connectivity index (χ0n) is 9.38. The molecule has 1 aliphatic heterocycles. The zero-order chi connectivity index (χ0) is 13.6. The lowest BCUT2D eigenvalue weighted by molar-refractivity contribution is -0.0245. The van der Waals surface area contributed by atoms with Crippen molar-refractivity contribution in [2.24, 2.45) is 0 Å². The van der Waals surface area contributed by atoms with Crippen molar-refractivity contribution in [3.05, 3.63) is 35.9 Å². The number of nitrogens with one attached hydrogen (secondary N) is 1. The summed E-state index contributed by atoms with van der Waals surface area (Å²) in [6, 6.07) is 10.1. The highest BCUT2D eigenvalue weighted by Gasteiger charge is 2.19. The van der Waals surface area contributed by atoms with Gasteiger partial charge >= 0.3 is 11.1 Å². The van der Waals surface area contributed by atoms with Crippen molar-refractivity contribution in [3.63, 3.8) is 0 Å². The summed E-state index contributed by atoms with van der Waals surface area (Å²) in [6.07, 6.45) is 0. The molecule has 1 aliphatic rings. The molecule has 0 atom stereocenters. The van der Waals surface area contributed by atoms with Gasteiger partial charge in [-0.3, -0.25) is 0 Å². The highest BCUT2D eigenvalue weighted by molar-refractivity contribution is 9.09. The average molecular weight is 325 g/mol. The monoisotopic (exact) mass is 324 g/mol. The Bertz CT molecular complexity index is 378. The van der Waals surface area contributed by atoms with E-state index in [9.17, 15) is 18.0 Å². The molecule has 1 aromatic carbocycles. The molecule has 2 amide bonds. The number of hydrogen-bond donors (Lipinski definition) is 1. The quantitative estimate of drug-likeness (QED) is 0.833. The average Bonchev–Trinajstić information content (AvgIpc) is 2.64. The second-order valence-electron chi connectivity index (χ2n) is 3.57. The number of halogens is 4. The molecule has 7 heteroatoms. The summed E-state index contributed by atoms with van der Waals surface area (Å²) in [7, 11) is 0. The van der Waals surface area contributed by atoms with Crippen LogP contribution >= 0.6 is 15.9 Å². The summed E-state index contributed by atoms with van der Waals surface area (Å²) in [6.45, 7) is 2.30. The number of carbonyl (C=O) groups is 1. The summed E-state index contributed by atoms with van der Waals surface area (Å²) in [5.74, 6) is 0. The molecule has 0 unspecified atom stereocenters. The van der Waals surface area contributed by atoms with E-state index in [0.29, 0.717) is 6.54 Å². The largest absolute Gasteiger partial charge is 0.448 e. The Kier molecular flexibility index (Phi) is 5.46. The van der Waals surface area contributed by atoms with Gasteiger partial charge in [0.05, 0.1) is 0 Å². The van der Waals surface area contributed by atoms with E-state index in [4.69, 9.17) is 0 Å². The van der Waals surface area contributed by atoms with Crippen LogP contribution < -0.4 is 5.32 Å². The predicted molar refractivity (Wildman–Crippen MR) is 65.2 cm³/mol. The number of benzene rings is 1. The Balaban J connectivity index is 0.000000280. The predicted octanol–water partition coefficient (Wildman–Crippen LogP) is 3.11. The molecule has 1 aromatic rings. The molecule has 0 bridgehead atoms. The van der Waals surface area contributed by atoms with Gasteiger partial charge < -0.3 is 10.2 Å². The fourth-order valence-electron chi connectivity index (χ4n) is 1.47. The van der Waals surface area contributed by atoms with Gasteiger partial charge in [0.15, 0.2) is 0 Å². The lowest BCUT2D eigenvalue weighted by Crippen LogP contribution is -2.27.